The molecule has 2 rings (SSSR count). The lowest BCUT2D eigenvalue weighted by molar-refractivity contribution is 0.353. The summed E-state index contributed by atoms with van der Waals surface area (Å²) in [5.41, 5.74) is 10.2. The minimum atomic E-state index is 0.571. The SMILES string of the molecule is CC.CC.COc1c(C)ccc(N(N)/C(=C\N)c2ccc(C)cc2)c1OC. The zero-order valence-corrected chi connectivity index (χ0v) is 18.0. The van der Waals surface area contributed by atoms with Crippen LogP contribution in [0.5, 0.6) is 11.5 Å². The van der Waals surface area contributed by atoms with Gasteiger partial charge in [0.1, 0.15) is 5.69 Å². The van der Waals surface area contributed by atoms with Crippen LogP contribution in [0.4, 0.5) is 5.69 Å². The lowest BCUT2D eigenvalue weighted by Gasteiger charge is -2.25. The van der Waals surface area contributed by atoms with Gasteiger partial charge in [0.2, 0.25) is 0 Å². The molecule has 0 aliphatic rings. The average molecular weight is 374 g/mol. The predicted molar refractivity (Wildman–Crippen MR) is 117 cm³/mol. The minimum absolute atomic E-state index is 0.571. The molecule has 0 aliphatic carbocycles. The molecule has 5 nitrogen and oxygen atoms in total. The van der Waals surface area contributed by atoms with E-state index in [0.29, 0.717) is 22.9 Å². The van der Waals surface area contributed by atoms with Crippen molar-refractivity contribution >= 4 is 11.4 Å². The Kier molecular flexibility index (Phi) is 11.4. The van der Waals surface area contributed by atoms with Gasteiger partial charge in [-0.15, -0.1) is 0 Å². The molecular formula is C22H35N3O2. The highest BCUT2D eigenvalue weighted by Gasteiger charge is 2.19. The highest BCUT2D eigenvalue weighted by atomic mass is 16.5. The first-order chi connectivity index (χ1) is 13.0. The molecule has 0 bridgehead atoms. The van der Waals surface area contributed by atoms with Gasteiger partial charge in [0.25, 0.3) is 0 Å². The third kappa shape index (κ3) is 5.93. The summed E-state index contributed by atoms with van der Waals surface area (Å²) in [5, 5.41) is 1.51. The van der Waals surface area contributed by atoms with E-state index in [1.54, 1.807) is 14.2 Å². The summed E-state index contributed by atoms with van der Waals surface area (Å²) >= 11 is 0. The molecule has 4 N–H and O–H groups in total. The molecule has 0 saturated carbocycles. The molecule has 0 saturated heterocycles. The number of nitrogens with zero attached hydrogens (tertiary/aromatic N) is 1. The van der Waals surface area contributed by atoms with Gasteiger partial charge in [-0.2, -0.15) is 0 Å². The van der Waals surface area contributed by atoms with Crippen LogP contribution in [0.25, 0.3) is 5.70 Å². The molecule has 0 aliphatic heterocycles. The van der Waals surface area contributed by atoms with Crippen molar-refractivity contribution in [2.75, 3.05) is 19.2 Å². The van der Waals surface area contributed by atoms with Gasteiger partial charge in [0.05, 0.1) is 19.9 Å². The quantitative estimate of drug-likeness (QED) is 0.569. The molecule has 0 atom stereocenters. The van der Waals surface area contributed by atoms with Gasteiger partial charge >= 0.3 is 0 Å². The Morgan fingerprint density at radius 2 is 1.37 bits per heavy atom. The maximum Gasteiger partial charge on any atom is 0.186 e. The number of anilines is 1. The topological polar surface area (TPSA) is 73.7 Å². The number of hydrogen-bond donors (Lipinski definition) is 2. The van der Waals surface area contributed by atoms with Crippen LogP contribution in [0.2, 0.25) is 0 Å². The second-order valence-electron chi connectivity index (χ2n) is 5.26. The van der Waals surface area contributed by atoms with Crippen molar-refractivity contribution in [2.24, 2.45) is 11.6 Å². The van der Waals surface area contributed by atoms with E-state index in [1.807, 2.05) is 77.9 Å². The maximum atomic E-state index is 6.32. The zero-order chi connectivity index (χ0) is 21.0. The standard InChI is InChI=1S/C18H23N3O2.2C2H6/c1-12-5-8-14(9-6-12)16(11-19)21(20)15-10-7-13(2)17(22-3)18(15)23-4;2*1-2/h5-11H,19-20H2,1-4H3;2*1-2H3/b16-11-;;. The number of nitrogens with two attached hydrogens (primary N) is 2. The third-order valence-corrected chi connectivity index (χ3v) is 3.72. The molecule has 0 spiro atoms. The normalized spacial score (nSPS) is 10.0. The molecule has 2 aromatic carbocycles. The monoisotopic (exact) mass is 373 g/mol. The van der Waals surface area contributed by atoms with Crippen molar-refractivity contribution in [3.8, 4) is 11.5 Å². The van der Waals surface area contributed by atoms with E-state index in [9.17, 15) is 0 Å². The largest absolute Gasteiger partial charge is 0.493 e. The highest BCUT2D eigenvalue weighted by Crippen LogP contribution is 2.41. The van der Waals surface area contributed by atoms with Crippen LogP contribution in [0, 0.1) is 13.8 Å². The summed E-state index contributed by atoms with van der Waals surface area (Å²) in [6, 6.07) is 11.8. The molecular weight excluding hydrogens is 338 g/mol. The van der Waals surface area contributed by atoms with E-state index in [-0.39, 0.29) is 0 Å². The van der Waals surface area contributed by atoms with Gasteiger partial charge in [-0.05, 0) is 25.5 Å². The van der Waals surface area contributed by atoms with Crippen LogP contribution < -0.4 is 26.1 Å². The number of hydrogen-bond acceptors (Lipinski definition) is 5. The van der Waals surface area contributed by atoms with Gasteiger partial charge in [-0.3, -0.25) is 5.01 Å². The Morgan fingerprint density at radius 1 is 0.852 bits per heavy atom. The fraction of sp³-hybridized carbons (Fsp3) is 0.364. The third-order valence-electron chi connectivity index (χ3n) is 3.72. The van der Waals surface area contributed by atoms with E-state index in [2.05, 4.69) is 0 Å². The summed E-state index contributed by atoms with van der Waals surface area (Å²) < 4.78 is 10.9. The predicted octanol–water partition coefficient (Wildman–Crippen LogP) is 5.01. The van der Waals surface area contributed by atoms with Crippen molar-refractivity contribution in [2.45, 2.75) is 41.5 Å². The molecule has 5 heteroatoms. The fourth-order valence-electron chi connectivity index (χ4n) is 2.46. The lowest BCUT2D eigenvalue weighted by atomic mass is 10.1. The Morgan fingerprint density at radius 3 is 1.81 bits per heavy atom. The molecule has 0 amide bonds. The van der Waals surface area contributed by atoms with Gasteiger partial charge in [-0.25, -0.2) is 5.84 Å². The Hall–Kier alpha value is -2.66. The average Bonchev–Trinajstić information content (AvgIpc) is 2.72. The van der Waals surface area contributed by atoms with Crippen LogP contribution in [0.15, 0.2) is 42.6 Å². The summed E-state index contributed by atoms with van der Waals surface area (Å²) in [6.07, 6.45) is 1.48. The first-order valence-electron chi connectivity index (χ1n) is 9.28. The number of hydrazine groups is 1. The van der Waals surface area contributed by atoms with Crippen molar-refractivity contribution in [1.82, 2.24) is 0 Å². The number of ether oxygens (including phenoxy) is 2. The van der Waals surface area contributed by atoms with Crippen molar-refractivity contribution in [3.05, 3.63) is 59.3 Å². The first kappa shape index (κ1) is 24.3. The summed E-state index contributed by atoms with van der Waals surface area (Å²) in [4.78, 5) is 0. The van der Waals surface area contributed by atoms with Crippen LogP contribution in [-0.4, -0.2) is 14.2 Å². The zero-order valence-electron chi connectivity index (χ0n) is 18.0. The fourth-order valence-corrected chi connectivity index (χ4v) is 2.46. The molecule has 0 fully saturated rings. The molecule has 27 heavy (non-hydrogen) atoms. The minimum Gasteiger partial charge on any atom is -0.493 e. The Labute approximate surface area is 164 Å². The number of aryl methyl sites for hydroxylation is 2. The van der Waals surface area contributed by atoms with Gasteiger partial charge in [0.15, 0.2) is 11.5 Å². The van der Waals surface area contributed by atoms with Crippen molar-refractivity contribution in [3.63, 3.8) is 0 Å². The Balaban J connectivity index is 0.00000158. The molecule has 2 aromatic rings. The molecule has 0 heterocycles. The maximum absolute atomic E-state index is 6.32. The second kappa shape index (κ2) is 12.7. The van der Waals surface area contributed by atoms with Crippen LogP contribution >= 0.6 is 0 Å². The molecule has 150 valence electrons. The van der Waals surface area contributed by atoms with E-state index < -0.39 is 0 Å². The van der Waals surface area contributed by atoms with E-state index in [0.717, 1.165) is 11.1 Å². The van der Waals surface area contributed by atoms with Crippen molar-refractivity contribution < 1.29 is 9.47 Å². The lowest BCUT2D eigenvalue weighted by Crippen LogP contribution is -2.30. The second-order valence-corrected chi connectivity index (χ2v) is 5.26. The summed E-state index contributed by atoms with van der Waals surface area (Å²) in [5.74, 6) is 7.54. The Bertz CT molecular complexity index is 710. The van der Waals surface area contributed by atoms with Crippen molar-refractivity contribution in [1.29, 1.82) is 0 Å². The van der Waals surface area contributed by atoms with Gasteiger partial charge in [-0.1, -0.05) is 63.6 Å². The van der Waals surface area contributed by atoms with Crippen LogP contribution in [-0.2, 0) is 0 Å². The number of methoxy groups -OCH3 is 2. The van der Waals surface area contributed by atoms with Crippen LogP contribution in [0.3, 0.4) is 0 Å². The van der Waals surface area contributed by atoms with E-state index >= 15 is 0 Å². The summed E-state index contributed by atoms with van der Waals surface area (Å²) in [6.45, 7) is 12.0. The number of benzene rings is 2. The van der Waals surface area contributed by atoms with E-state index in [1.165, 1.54) is 16.8 Å². The van der Waals surface area contributed by atoms with E-state index in [4.69, 9.17) is 21.1 Å². The molecule has 0 unspecified atom stereocenters. The van der Waals surface area contributed by atoms with Gasteiger partial charge in [0, 0.05) is 11.8 Å². The molecule has 0 aromatic heterocycles. The number of rotatable bonds is 5. The van der Waals surface area contributed by atoms with Gasteiger partial charge < -0.3 is 15.2 Å². The first-order valence-corrected chi connectivity index (χ1v) is 9.28. The van der Waals surface area contributed by atoms with Crippen LogP contribution in [0.1, 0.15) is 44.4 Å². The smallest absolute Gasteiger partial charge is 0.186 e. The molecule has 0 radical (unpaired) electrons. The highest BCUT2D eigenvalue weighted by molar-refractivity contribution is 5.82. The summed E-state index contributed by atoms with van der Waals surface area (Å²) in [7, 11) is 3.20.